The van der Waals surface area contributed by atoms with E-state index in [9.17, 15) is 15.2 Å². The minimum Gasteiger partial charge on any atom is -0.393 e. The Labute approximate surface area is 113 Å². The molecular formula is C15H21NO3. The molecule has 1 fully saturated rings. The molecule has 2 rings (SSSR count). The molecule has 1 aromatic rings. The van der Waals surface area contributed by atoms with Crippen molar-refractivity contribution in [1.29, 1.82) is 0 Å². The molecule has 0 saturated heterocycles. The second-order valence-corrected chi connectivity index (χ2v) is 5.47. The van der Waals surface area contributed by atoms with Gasteiger partial charge < -0.3 is 5.11 Å². The van der Waals surface area contributed by atoms with E-state index in [-0.39, 0.29) is 10.6 Å². The second-order valence-electron chi connectivity index (χ2n) is 5.47. The van der Waals surface area contributed by atoms with Crippen molar-refractivity contribution in [2.75, 3.05) is 0 Å². The van der Waals surface area contributed by atoms with Crippen molar-refractivity contribution in [3.63, 3.8) is 0 Å². The lowest BCUT2D eigenvalue weighted by molar-refractivity contribution is -0.385. The van der Waals surface area contributed by atoms with Crippen molar-refractivity contribution in [3.05, 3.63) is 39.9 Å². The van der Waals surface area contributed by atoms with E-state index in [4.69, 9.17) is 0 Å². The topological polar surface area (TPSA) is 63.4 Å². The van der Waals surface area contributed by atoms with Crippen molar-refractivity contribution in [1.82, 2.24) is 0 Å². The summed E-state index contributed by atoms with van der Waals surface area (Å²) in [5, 5.41) is 20.9. The first-order valence-corrected chi connectivity index (χ1v) is 7.07. The molecular weight excluding hydrogens is 242 g/mol. The van der Waals surface area contributed by atoms with Gasteiger partial charge in [0, 0.05) is 18.1 Å². The Morgan fingerprint density at radius 1 is 1.32 bits per heavy atom. The molecule has 4 heteroatoms. The average Bonchev–Trinajstić information content (AvgIpc) is 2.90. The molecule has 0 spiro atoms. The van der Waals surface area contributed by atoms with Gasteiger partial charge in [0.15, 0.2) is 0 Å². The van der Waals surface area contributed by atoms with Crippen LogP contribution in [-0.4, -0.2) is 16.1 Å². The van der Waals surface area contributed by atoms with Gasteiger partial charge >= 0.3 is 0 Å². The smallest absolute Gasteiger partial charge is 0.272 e. The van der Waals surface area contributed by atoms with Crippen LogP contribution in [0.4, 0.5) is 5.69 Å². The molecule has 0 radical (unpaired) electrons. The third-order valence-corrected chi connectivity index (χ3v) is 4.03. The zero-order valence-electron chi connectivity index (χ0n) is 11.1. The van der Waals surface area contributed by atoms with Crippen LogP contribution in [-0.2, 0) is 6.42 Å². The van der Waals surface area contributed by atoms with Crippen LogP contribution in [0, 0.1) is 16.0 Å². The standard InChI is InChI=1S/C15H21NO3/c17-14(10-9-12-5-1-2-6-12)11-13-7-3-4-8-15(13)16(18)19/h3-4,7-8,12,14,17H,1-2,5-6,9-11H2. The number of nitro groups is 1. The molecule has 1 aliphatic carbocycles. The maximum atomic E-state index is 10.9. The number of hydrogen-bond acceptors (Lipinski definition) is 3. The quantitative estimate of drug-likeness (QED) is 0.631. The fraction of sp³-hybridized carbons (Fsp3) is 0.600. The Morgan fingerprint density at radius 2 is 2.00 bits per heavy atom. The maximum absolute atomic E-state index is 10.9. The summed E-state index contributed by atoms with van der Waals surface area (Å²) >= 11 is 0. The number of nitrogens with zero attached hydrogens (tertiary/aromatic N) is 1. The number of benzene rings is 1. The summed E-state index contributed by atoms with van der Waals surface area (Å²) < 4.78 is 0. The van der Waals surface area contributed by atoms with Crippen LogP contribution >= 0.6 is 0 Å². The van der Waals surface area contributed by atoms with Gasteiger partial charge in [-0.3, -0.25) is 10.1 Å². The lowest BCUT2D eigenvalue weighted by Gasteiger charge is -2.14. The van der Waals surface area contributed by atoms with Crippen LogP contribution in [0.25, 0.3) is 0 Å². The summed E-state index contributed by atoms with van der Waals surface area (Å²) in [7, 11) is 0. The first kappa shape index (κ1) is 14.0. The highest BCUT2D eigenvalue weighted by Crippen LogP contribution is 2.29. The van der Waals surface area contributed by atoms with E-state index >= 15 is 0 Å². The van der Waals surface area contributed by atoms with Crippen LogP contribution in [0.2, 0.25) is 0 Å². The van der Waals surface area contributed by atoms with E-state index in [1.807, 2.05) is 0 Å². The lowest BCUT2D eigenvalue weighted by atomic mass is 9.96. The third kappa shape index (κ3) is 4.03. The first-order valence-electron chi connectivity index (χ1n) is 7.07. The Bertz CT molecular complexity index is 427. The van der Waals surface area contributed by atoms with Gasteiger partial charge in [-0.25, -0.2) is 0 Å². The highest BCUT2D eigenvalue weighted by atomic mass is 16.6. The Morgan fingerprint density at radius 3 is 2.68 bits per heavy atom. The average molecular weight is 263 g/mol. The monoisotopic (exact) mass is 263 g/mol. The van der Waals surface area contributed by atoms with Crippen molar-refractivity contribution in [3.8, 4) is 0 Å². The minimum absolute atomic E-state index is 0.113. The van der Waals surface area contributed by atoms with Crippen molar-refractivity contribution in [2.24, 2.45) is 5.92 Å². The van der Waals surface area contributed by atoms with E-state index in [1.54, 1.807) is 18.2 Å². The minimum atomic E-state index is -0.471. The molecule has 1 atom stereocenters. The highest BCUT2D eigenvalue weighted by molar-refractivity contribution is 5.40. The number of para-hydroxylation sites is 1. The van der Waals surface area contributed by atoms with Gasteiger partial charge in [-0.05, 0) is 18.8 Å². The second kappa shape index (κ2) is 6.66. The van der Waals surface area contributed by atoms with E-state index in [0.717, 1.165) is 18.8 Å². The normalized spacial score (nSPS) is 17.5. The zero-order valence-corrected chi connectivity index (χ0v) is 11.1. The number of aliphatic hydroxyl groups is 1. The van der Waals surface area contributed by atoms with Crippen molar-refractivity contribution in [2.45, 2.75) is 51.0 Å². The summed E-state index contributed by atoms with van der Waals surface area (Å²) in [4.78, 5) is 10.5. The van der Waals surface area contributed by atoms with E-state index in [1.165, 1.54) is 31.7 Å². The number of hydrogen-bond donors (Lipinski definition) is 1. The maximum Gasteiger partial charge on any atom is 0.272 e. The van der Waals surface area contributed by atoms with Gasteiger partial charge in [0.25, 0.3) is 5.69 Å². The predicted octanol–water partition coefficient (Wildman–Crippen LogP) is 3.47. The van der Waals surface area contributed by atoms with Gasteiger partial charge in [-0.1, -0.05) is 43.9 Å². The summed E-state index contributed by atoms with van der Waals surface area (Å²) in [6, 6.07) is 6.68. The van der Waals surface area contributed by atoms with E-state index in [2.05, 4.69) is 0 Å². The number of aliphatic hydroxyl groups excluding tert-OH is 1. The van der Waals surface area contributed by atoms with Crippen molar-refractivity contribution < 1.29 is 10.0 Å². The third-order valence-electron chi connectivity index (χ3n) is 4.03. The van der Waals surface area contributed by atoms with Crippen LogP contribution < -0.4 is 0 Å². The SMILES string of the molecule is O=[N+]([O-])c1ccccc1CC(O)CCC1CCCC1. The molecule has 1 unspecified atom stereocenters. The van der Waals surface area contributed by atoms with Crippen LogP contribution in [0.1, 0.15) is 44.1 Å². The fourth-order valence-electron chi connectivity index (χ4n) is 2.94. The van der Waals surface area contributed by atoms with Gasteiger partial charge in [-0.15, -0.1) is 0 Å². The predicted molar refractivity (Wildman–Crippen MR) is 74.0 cm³/mol. The Balaban J connectivity index is 1.87. The van der Waals surface area contributed by atoms with Gasteiger partial charge in [0.05, 0.1) is 11.0 Å². The molecule has 0 amide bonds. The summed E-state index contributed by atoms with van der Waals surface area (Å²) in [6.45, 7) is 0. The van der Waals surface area contributed by atoms with E-state index < -0.39 is 6.10 Å². The number of rotatable bonds is 6. The molecule has 1 aromatic carbocycles. The molecule has 0 aromatic heterocycles. The first-order chi connectivity index (χ1) is 9.16. The van der Waals surface area contributed by atoms with E-state index in [0.29, 0.717) is 12.0 Å². The largest absolute Gasteiger partial charge is 0.393 e. The van der Waals surface area contributed by atoms with Crippen LogP contribution in [0.5, 0.6) is 0 Å². The molecule has 0 aliphatic heterocycles. The summed E-state index contributed by atoms with van der Waals surface area (Å²) in [5.74, 6) is 0.750. The molecule has 0 bridgehead atoms. The molecule has 0 heterocycles. The summed E-state index contributed by atoms with van der Waals surface area (Å²) in [5.41, 5.74) is 0.744. The Hall–Kier alpha value is -1.42. The van der Waals surface area contributed by atoms with Crippen LogP contribution in [0.15, 0.2) is 24.3 Å². The Kier molecular flexibility index (Phi) is 4.91. The van der Waals surface area contributed by atoms with Crippen LogP contribution in [0.3, 0.4) is 0 Å². The molecule has 1 N–H and O–H groups in total. The molecule has 104 valence electrons. The summed E-state index contributed by atoms with van der Waals surface area (Å²) in [6.07, 6.45) is 6.87. The molecule has 1 aliphatic rings. The zero-order chi connectivity index (χ0) is 13.7. The van der Waals surface area contributed by atoms with Gasteiger partial charge in [-0.2, -0.15) is 0 Å². The number of nitro benzene ring substituents is 1. The van der Waals surface area contributed by atoms with Gasteiger partial charge in [0.1, 0.15) is 0 Å². The van der Waals surface area contributed by atoms with Gasteiger partial charge in [0.2, 0.25) is 0 Å². The lowest BCUT2D eigenvalue weighted by Crippen LogP contribution is -2.13. The highest BCUT2D eigenvalue weighted by Gasteiger charge is 2.19. The molecule has 1 saturated carbocycles. The fourth-order valence-corrected chi connectivity index (χ4v) is 2.94. The molecule has 19 heavy (non-hydrogen) atoms. The molecule has 4 nitrogen and oxygen atoms in total. The van der Waals surface area contributed by atoms with Crippen molar-refractivity contribution >= 4 is 5.69 Å².